The molecule has 2 aliphatic rings. The van der Waals surface area contributed by atoms with Crippen LogP contribution in [-0.2, 0) is 13.0 Å². The Hall–Kier alpha value is -0.580. The number of hydrogen-bond acceptors (Lipinski definition) is 3. The Bertz CT molecular complexity index is 487. The number of ether oxygens (including phenoxy) is 1. The van der Waals surface area contributed by atoms with Crippen LogP contribution in [0.25, 0.3) is 0 Å². The highest BCUT2D eigenvalue weighted by Gasteiger charge is 2.29. The lowest BCUT2D eigenvalue weighted by atomic mass is 9.94. The summed E-state index contributed by atoms with van der Waals surface area (Å²) < 4.78 is 6.89. The van der Waals surface area contributed by atoms with Crippen molar-refractivity contribution in [2.24, 2.45) is 0 Å². The van der Waals surface area contributed by atoms with E-state index in [4.69, 9.17) is 4.74 Å². The molecule has 0 saturated carbocycles. The first-order chi connectivity index (χ1) is 9.03. The lowest BCUT2D eigenvalue weighted by Crippen LogP contribution is -2.45. The van der Waals surface area contributed by atoms with Gasteiger partial charge in [-0.25, -0.2) is 0 Å². The molecule has 3 nitrogen and oxygen atoms in total. The lowest BCUT2D eigenvalue weighted by molar-refractivity contribution is -0.0183. The molecule has 1 aromatic rings. The molecule has 0 radical (unpaired) electrons. The van der Waals surface area contributed by atoms with E-state index in [0.717, 1.165) is 55.7 Å². The molecule has 1 N–H and O–H groups in total. The van der Waals surface area contributed by atoms with E-state index in [2.05, 4.69) is 33.0 Å². The molecule has 1 aromatic carbocycles. The summed E-state index contributed by atoms with van der Waals surface area (Å²) in [5, 5.41) is 10.2. The number of fused-ring (bicyclic) bond motifs is 1. The minimum absolute atomic E-state index is 0.547. The van der Waals surface area contributed by atoms with Crippen molar-refractivity contribution in [3.63, 3.8) is 0 Å². The van der Waals surface area contributed by atoms with Crippen LogP contribution in [0.5, 0.6) is 5.75 Å². The van der Waals surface area contributed by atoms with Crippen LogP contribution in [0.1, 0.15) is 30.9 Å². The molecule has 3 rings (SSSR count). The largest absolute Gasteiger partial charge is 0.493 e. The van der Waals surface area contributed by atoms with Crippen LogP contribution >= 0.6 is 15.9 Å². The summed E-state index contributed by atoms with van der Waals surface area (Å²) in [6, 6.07) is 4.30. The molecule has 4 heteroatoms. The van der Waals surface area contributed by atoms with Gasteiger partial charge in [0.15, 0.2) is 0 Å². The van der Waals surface area contributed by atoms with Gasteiger partial charge in [0.2, 0.25) is 0 Å². The van der Waals surface area contributed by atoms with Gasteiger partial charge in [-0.2, -0.15) is 0 Å². The number of nitrogens with zero attached hydrogens (tertiary/aromatic N) is 1. The van der Waals surface area contributed by atoms with Gasteiger partial charge >= 0.3 is 0 Å². The Labute approximate surface area is 122 Å². The van der Waals surface area contributed by atoms with Gasteiger partial charge in [0.25, 0.3) is 0 Å². The summed E-state index contributed by atoms with van der Waals surface area (Å²) in [5.41, 5.74) is 1.99. The highest BCUT2D eigenvalue weighted by Crippen LogP contribution is 2.34. The van der Waals surface area contributed by atoms with Gasteiger partial charge in [0.1, 0.15) is 5.75 Å². The van der Waals surface area contributed by atoms with E-state index in [1.165, 1.54) is 11.1 Å². The van der Waals surface area contributed by atoms with Gasteiger partial charge in [-0.1, -0.05) is 15.9 Å². The van der Waals surface area contributed by atoms with Crippen molar-refractivity contribution in [3.05, 3.63) is 27.7 Å². The third kappa shape index (κ3) is 2.96. The number of benzene rings is 1. The summed E-state index contributed by atoms with van der Waals surface area (Å²) in [4.78, 5) is 2.33. The SMILES string of the molecule is CC1(O)CCCN(Cc2cc(Br)cc3c2OCC3)C1. The van der Waals surface area contributed by atoms with E-state index in [9.17, 15) is 5.11 Å². The van der Waals surface area contributed by atoms with Crippen LogP contribution in [0.2, 0.25) is 0 Å². The molecule has 2 heterocycles. The lowest BCUT2D eigenvalue weighted by Gasteiger charge is -2.37. The molecule has 0 bridgehead atoms. The number of hydrogen-bond donors (Lipinski definition) is 1. The van der Waals surface area contributed by atoms with Crippen LogP contribution in [-0.4, -0.2) is 35.3 Å². The molecule has 0 aliphatic carbocycles. The van der Waals surface area contributed by atoms with Crippen molar-refractivity contribution in [3.8, 4) is 5.75 Å². The van der Waals surface area contributed by atoms with E-state index in [1.807, 2.05) is 6.92 Å². The fraction of sp³-hybridized carbons (Fsp3) is 0.600. The predicted molar refractivity (Wildman–Crippen MR) is 78.5 cm³/mol. The second-order valence-electron chi connectivity index (χ2n) is 5.96. The first kappa shape index (κ1) is 13.4. The van der Waals surface area contributed by atoms with Crippen molar-refractivity contribution in [2.75, 3.05) is 19.7 Å². The van der Waals surface area contributed by atoms with Crippen LogP contribution in [0.3, 0.4) is 0 Å². The molecule has 2 aliphatic heterocycles. The number of likely N-dealkylation sites (tertiary alicyclic amines) is 1. The fourth-order valence-electron chi connectivity index (χ4n) is 3.16. The molecule has 1 fully saturated rings. The average molecular weight is 326 g/mol. The summed E-state index contributed by atoms with van der Waals surface area (Å²) in [6.45, 7) is 5.38. The van der Waals surface area contributed by atoms with Gasteiger partial charge in [-0.15, -0.1) is 0 Å². The highest BCUT2D eigenvalue weighted by atomic mass is 79.9. The predicted octanol–water partition coefficient (Wildman–Crippen LogP) is 2.73. The van der Waals surface area contributed by atoms with Crippen LogP contribution < -0.4 is 4.74 Å². The zero-order chi connectivity index (χ0) is 13.5. The molecule has 19 heavy (non-hydrogen) atoms. The zero-order valence-corrected chi connectivity index (χ0v) is 12.9. The van der Waals surface area contributed by atoms with Crippen molar-refractivity contribution in [1.82, 2.24) is 4.90 Å². The third-order valence-corrected chi connectivity index (χ3v) is 4.43. The summed E-state index contributed by atoms with van der Waals surface area (Å²) in [5.74, 6) is 1.06. The minimum Gasteiger partial charge on any atom is -0.493 e. The maximum atomic E-state index is 10.2. The monoisotopic (exact) mass is 325 g/mol. The molecule has 0 spiro atoms. The molecular weight excluding hydrogens is 306 g/mol. The first-order valence-corrected chi connectivity index (χ1v) is 7.72. The molecule has 0 amide bonds. The first-order valence-electron chi connectivity index (χ1n) is 6.92. The van der Waals surface area contributed by atoms with Crippen molar-refractivity contribution >= 4 is 15.9 Å². The standard InChI is InChI=1S/C15H20BrNO2/c1-15(18)4-2-5-17(10-15)9-12-8-13(16)7-11-3-6-19-14(11)12/h7-8,18H,2-6,9-10H2,1H3. The van der Waals surface area contributed by atoms with Crippen molar-refractivity contribution < 1.29 is 9.84 Å². The quantitative estimate of drug-likeness (QED) is 0.907. The Morgan fingerprint density at radius 3 is 3.11 bits per heavy atom. The molecule has 0 aromatic heterocycles. The molecule has 1 saturated heterocycles. The number of aliphatic hydroxyl groups is 1. The second-order valence-corrected chi connectivity index (χ2v) is 6.88. The Kier molecular flexibility index (Phi) is 3.58. The number of rotatable bonds is 2. The maximum absolute atomic E-state index is 10.2. The topological polar surface area (TPSA) is 32.7 Å². The van der Waals surface area contributed by atoms with Crippen molar-refractivity contribution in [1.29, 1.82) is 0 Å². The number of halogens is 1. The zero-order valence-electron chi connectivity index (χ0n) is 11.3. The highest BCUT2D eigenvalue weighted by molar-refractivity contribution is 9.10. The van der Waals surface area contributed by atoms with Crippen LogP contribution in [0.15, 0.2) is 16.6 Å². The number of β-amino-alcohol motifs (C(OH)–C–C–N with tert-alkyl or cyclic N) is 1. The van der Waals surface area contributed by atoms with E-state index in [0.29, 0.717) is 0 Å². The average Bonchev–Trinajstić information content (AvgIpc) is 2.75. The van der Waals surface area contributed by atoms with E-state index in [1.54, 1.807) is 0 Å². The van der Waals surface area contributed by atoms with Crippen LogP contribution in [0, 0.1) is 0 Å². The van der Waals surface area contributed by atoms with E-state index in [-0.39, 0.29) is 0 Å². The Balaban J connectivity index is 1.80. The third-order valence-electron chi connectivity index (χ3n) is 3.97. The second kappa shape index (κ2) is 5.08. The summed E-state index contributed by atoms with van der Waals surface area (Å²) in [7, 11) is 0. The molecular formula is C15H20BrNO2. The number of piperidine rings is 1. The van der Waals surface area contributed by atoms with Crippen LogP contribution in [0.4, 0.5) is 0 Å². The molecule has 1 atom stereocenters. The summed E-state index contributed by atoms with van der Waals surface area (Å²) >= 11 is 3.58. The van der Waals surface area contributed by atoms with E-state index >= 15 is 0 Å². The van der Waals surface area contributed by atoms with Gasteiger partial charge in [0.05, 0.1) is 12.2 Å². The smallest absolute Gasteiger partial charge is 0.127 e. The molecule has 1 unspecified atom stereocenters. The maximum Gasteiger partial charge on any atom is 0.127 e. The normalized spacial score (nSPS) is 27.1. The van der Waals surface area contributed by atoms with Crippen molar-refractivity contribution in [2.45, 2.75) is 38.3 Å². The minimum atomic E-state index is -0.547. The van der Waals surface area contributed by atoms with Gasteiger partial charge in [0, 0.05) is 29.5 Å². The Morgan fingerprint density at radius 2 is 2.32 bits per heavy atom. The van der Waals surface area contributed by atoms with Gasteiger partial charge in [-0.3, -0.25) is 4.90 Å². The van der Waals surface area contributed by atoms with Gasteiger partial charge in [-0.05, 0) is 44.0 Å². The molecule has 104 valence electrons. The fourth-order valence-corrected chi connectivity index (χ4v) is 3.72. The van der Waals surface area contributed by atoms with E-state index < -0.39 is 5.60 Å². The Morgan fingerprint density at radius 1 is 1.47 bits per heavy atom. The summed E-state index contributed by atoms with van der Waals surface area (Å²) in [6.07, 6.45) is 2.96. The van der Waals surface area contributed by atoms with Gasteiger partial charge < -0.3 is 9.84 Å².